The number of thiazole rings is 1. The SMILES string of the molecule is CC1CCCC1C(O)Cc1nc(-c2ccccc2)cs1. The summed E-state index contributed by atoms with van der Waals surface area (Å²) < 4.78 is 0. The predicted octanol–water partition coefficient (Wildman–Crippen LogP) is 4.15. The van der Waals surface area contributed by atoms with Crippen molar-refractivity contribution in [2.75, 3.05) is 0 Å². The lowest BCUT2D eigenvalue weighted by atomic mass is 9.91. The van der Waals surface area contributed by atoms with E-state index >= 15 is 0 Å². The van der Waals surface area contributed by atoms with E-state index in [0.717, 1.165) is 16.3 Å². The quantitative estimate of drug-likeness (QED) is 0.916. The number of hydrogen-bond donors (Lipinski definition) is 1. The molecule has 2 aromatic rings. The Morgan fingerprint density at radius 2 is 2.10 bits per heavy atom. The van der Waals surface area contributed by atoms with E-state index in [2.05, 4.69) is 29.4 Å². The molecule has 3 atom stereocenters. The lowest BCUT2D eigenvalue weighted by Crippen LogP contribution is -2.24. The van der Waals surface area contributed by atoms with Crippen molar-refractivity contribution in [1.29, 1.82) is 0 Å². The number of nitrogens with zero attached hydrogens (tertiary/aromatic N) is 1. The van der Waals surface area contributed by atoms with Crippen LogP contribution in [0.4, 0.5) is 0 Å². The lowest BCUT2D eigenvalue weighted by Gasteiger charge is -2.21. The standard InChI is InChI=1S/C17H21NOS/c1-12-6-5-9-14(12)16(19)10-17-18-15(11-20-17)13-7-3-2-4-8-13/h2-4,7-8,11-12,14,16,19H,5-6,9-10H2,1H3. The molecular formula is C17H21NOS. The van der Waals surface area contributed by atoms with Crippen LogP contribution < -0.4 is 0 Å². The Morgan fingerprint density at radius 3 is 2.80 bits per heavy atom. The first kappa shape index (κ1) is 13.8. The number of aromatic nitrogens is 1. The molecule has 3 unspecified atom stereocenters. The minimum Gasteiger partial charge on any atom is -0.392 e. The third-order valence-electron chi connectivity index (χ3n) is 4.43. The highest BCUT2D eigenvalue weighted by Crippen LogP contribution is 2.35. The molecule has 0 saturated heterocycles. The molecule has 0 spiro atoms. The van der Waals surface area contributed by atoms with E-state index < -0.39 is 0 Å². The molecule has 1 aliphatic carbocycles. The van der Waals surface area contributed by atoms with E-state index in [-0.39, 0.29) is 6.10 Å². The maximum atomic E-state index is 10.4. The van der Waals surface area contributed by atoms with Crippen LogP contribution in [0.5, 0.6) is 0 Å². The van der Waals surface area contributed by atoms with Gasteiger partial charge in [-0.2, -0.15) is 0 Å². The summed E-state index contributed by atoms with van der Waals surface area (Å²) in [5.41, 5.74) is 2.18. The van der Waals surface area contributed by atoms with Gasteiger partial charge in [-0.05, 0) is 18.3 Å². The maximum absolute atomic E-state index is 10.4. The van der Waals surface area contributed by atoms with Crippen molar-refractivity contribution in [1.82, 2.24) is 4.98 Å². The number of rotatable bonds is 4. The molecule has 0 amide bonds. The third-order valence-corrected chi connectivity index (χ3v) is 5.30. The molecule has 0 radical (unpaired) electrons. The molecule has 0 bridgehead atoms. The number of aliphatic hydroxyl groups excluding tert-OH is 1. The molecule has 1 aromatic heterocycles. The summed E-state index contributed by atoms with van der Waals surface area (Å²) in [7, 11) is 0. The van der Waals surface area contributed by atoms with Crippen molar-refractivity contribution in [3.05, 3.63) is 40.7 Å². The van der Waals surface area contributed by atoms with Gasteiger partial charge in [0.1, 0.15) is 0 Å². The zero-order valence-corrected chi connectivity index (χ0v) is 12.6. The second-order valence-electron chi connectivity index (χ2n) is 5.84. The normalized spacial score (nSPS) is 23.9. The van der Waals surface area contributed by atoms with Crippen molar-refractivity contribution in [3.8, 4) is 11.3 Å². The molecule has 1 N–H and O–H groups in total. The molecule has 0 aliphatic heterocycles. The monoisotopic (exact) mass is 287 g/mol. The smallest absolute Gasteiger partial charge is 0.0958 e. The van der Waals surface area contributed by atoms with Gasteiger partial charge in [-0.3, -0.25) is 0 Å². The topological polar surface area (TPSA) is 33.1 Å². The molecule has 1 aliphatic rings. The van der Waals surface area contributed by atoms with Gasteiger partial charge in [0.25, 0.3) is 0 Å². The summed E-state index contributed by atoms with van der Waals surface area (Å²) in [4.78, 5) is 4.68. The number of hydrogen-bond acceptors (Lipinski definition) is 3. The summed E-state index contributed by atoms with van der Waals surface area (Å²) >= 11 is 1.66. The maximum Gasteiger partial charge on any atom is 0.0958 e. The second kappa shape index (κ2) is 6.06. The average molecular weight is 287 g/mol. The van der Waals surface area contributed by atoms with Crippen molar-refractivity contribution in [3.63, 3.8) is 0 Å². The minimum absolute atomic E-state index is 0.234. The zero-order valence-electron chi connectivity index (χ0n) is 11.8. The molecule has 20 heavy (non-hydrogen) atoms. The van der Waals surface area contributed by atoms with Gasteiger partial charge in [0.2, 0.25) is 0 Å². The molecule has 1 saturated carbocycles. The van der Waals surface area contributed by atoms with E-state index in [4.69, 9.17) is 0 Å². The fourth-order valence-electron chi connectivity index (χ4n) is 3.22. The van der Waals surface area contributed by atoms with Gasteiger partial charge in [-0.15, -0.1) is 11.3 Å². The second-order valence-corrected chi connectivity index (χ2v) is 6.78. The molecule has 1 heterocycles. The van der Waals surface area contributed by atoms with E-state index in [0.29, 0.717) is 18.3 Å². The highest BCUT2D eigenvalue weighted by Gasteiger charge is 2.30. The first-order chi connectivity index (χ1) is 9.74. The summed E-state index contributed by atoms with van der Waals surface area (Å²) in [6, 6.07) is 10.2. The van der Waals surface area contributed by atoms with Gasteiger partial charge >= 0.3 is 0 Å². The molecular weight excluding hydrogens is 266 g/mol. The highest BCUT2D eigenvalue weighted by molar-refractivity contribution is 7.09. The van der Waals surface area contributed by atoms with Gasteiger partial charge in [-0.25, -0.2) is 4.98 Å². The summed E-state index contributed by atoms with van der Waals surface area (Å²) in [6.07, 6.45) is 4.15. The Bertz CT molecular complexity index is 551. The Kier molecular flexibility index (Phi) is 4.18. The summed E-state index contributed by atoms with van der Waals surface area (Å²) in [5, 5.41) is 13.6. The van der Waals surface area contributed by atoms with Gasteiger partial charge in [0, 0.05) is 17.4 Å². The molecule has 2 nitrogen and oxygen atoms in total. The Labute approximate surface area is 124 Å². The predicted molar refractivity (Wildman–Crippen MR) is 83.8 cm³/mol. The number of benzene rings is 1. The van der Waals surface area contributed by atoms with E-state index in [1.807, 2.05) is 18.2 Å². The zero-order chi connectivity index (χ0) is 13.9. The third kappa shape index (κ3) is 2.94. The largest absolute Gasteiger partial charge is 0.392 e. The number of aliphatic hydroxyl groups is 1. The molecule has 106 valence electrons. The van der Waals surface area contributed by atoms with Crippen LogP contribution in [0.15, 0.2) is 35.7 Å². The van der Waals surface area contributed by atoms with Crippen LogP contribution in [-0.2, 0) is 6.42 Å². The molecule has 1 fully saturated rings. The van der Waals surface area contributed by atoms with Crippen LogP contribution in [0.2, 0.25) is 0 Å². The van der Waals surface area contributed by atoms with Crippen LogP contribution in [0, 0.1) is 11.8 Å². The van der Waals surface area contributed by atoms with Crippen molar-refractivity contribution >= 4 is 11.3 Å². The van der Waals surface area contributed by atoms with Crippen LogP contribution in [0.3, 0.4) is 0 Å². The Morgan fingerprint density at radius 1 is 1.30 bits per heavy atom. The fraction of sp³-hybridized carbons (Fsp3) is 0.471. The van der Waals surface area contributed by atoms with Crippen molar-refractivity contribution < 1.29 is 5.11 Å². The fourth-order valence-corrected chi connectivity index (χ4v) is 4.08. The van der Waals surface area contributed by atoms with Crippen LogP contribution in [-0.4, -0.2) is 16.2 Å². The van der Waals surface area contributed by atoms with Crippen LogP contribution in [0.1, 0.15) is 31.2 Å². The Balaban J connectivity index is 1.68. The molecule has 3 heteroatoms. The minimum atomic E-state index is -0.234. The van der Waals surface area contributed by atoms with Gasteiger partial charge in [0.05, 0.1) is 16.8 Å². The molecule has 3 rings (SSSR count). The summed E-state index contributed by atoms with van der Waals surface area (Å²) in [6.45, 7) is 2.26. The average Bonchev–Trinajstić information content (AvgIpc) is 3.09. The van der Waals surface area contributed by atoms with E-state index in [1.165, 1.54) is 19.3 Å². The highest BCUT2D eigenvalue weighted by atomic mass is 32.1. The van der Waals surface area contributed by atoms with Gasteiger partial charge in [-0.1, -0.05) is 50.1 Å². The first-order valence-electron chi connectivity index (χ1n) is 7.42. The molecule has 1 aromatic carbocycles. The van der Waals surface area contributed by atoms with Crippen molar-refractivity contribution in [2.45, 2.75) is 38.7 Å². The van der Waals surface area contributed by atoms with Gasteiger partial charge in [0.15, 0.2) is 0 Å². The van der Waals surface area contributed by atoms with E-state index in [1.54, 1.807) is 11.3 Å². The van der Waals surface area contributed by atoms with Crippen LogP contribution >= 0.6 is 11.3 Å². The summed E-state index contributed by atoms with van der Waals surface area (Å²) in [5.74, 6) is 1.11. The van der Waals surface area contributed by atoms with Crippen LogP contribution in [0.25, 0.3) is 11.3 Å². The van der Waals surface area contributed by atoms with Crippen molar-refractivity contribution in [2.24, 2.45) is 11.8 Å². The van der Waals surface area contributed by atoms with E-state index in [9.17, 15) is 5.11 Å². The van der Waals surface area contributed by atoms with Gasteiger partial charge < -0.3 is 5.11 Å². The first-order valence-corrected chi connectivity index (χ1v) is 8.30. The Hall–Kier alpha value is -1.19. The lowest BCUT2D eigenvalue weighted by molar-refractivity contribution is 0.0901.